The molecule has 2 rings (SSSR count). The van der Waals surface area contributed by atoms with Gasteiger partial charge in [0.1, 0.15) is 0 Å². The lowest BCUT2D eigenvalue weighted by molar-refractivity contribution is 0.282. The Kier molecular flexibility index (Phi) is 3.98. The molecule has 6 nitrogen and oxygen atoms in total. The van der Waals surface area contributed by atoms with Crippen LogP contribution in [0.5, 0.6) is 0 Å². The number of aliphatic hydroxyl groups is 1. The van der Waals surface area contributed by atoms with Crippen LogP contribution in [-0.4, -0.2) is 23.7 Å². The van der Waals surface area contributed by atoms with Crippen LogP contribution in [0, 0.1) is 0 Å². The molecule has 0 aliphatic rings. The maximum Gasteiger partial charge on any atom is 0.263 e. The molecule has 0 radical (unpaired) electrons. The molecule has 2 N–H and O–H groups in total. The molecule has 19 heavy (non-hydrogen) atoms. The Balaban J connectivity index is 2.32. The summed E-state index contributed by atoms with van der Waals surface area (Å²) in [7, 11) is -3.78. The van der Waals surface area contributed by atoms with Crippen molar-refractivity contribution in [2.75, 3.05) is 4.72 Å². The van der Waals surface area contributed by atoms with E-state index in [1.54, 1.807) is 6.07 Å². The molecule has 0 aliphatic heterocycles. The van der Waals surface area contributed by atoms with Crippen molar-refractivity contribution < 1.29 is 13.5 Å². The number of benzene rings is 1. The molecule has 0 atom stereocenters. The smallest absolute Gasteiger partial charge is 0.263 e. The summed E-state index contributed by atoms with van der Waals surface area (Å²) in [4.78, 5) is -0.0136. The van der Waals surface area contributed by atoms with E-state index in [2.05, 4.69) is 14.9 Å². The number of hydrogen-bond donors (Lipinski definition) is 2. The van der Waals surface area contributed by atoms with Gasteiger partial charge in [0.05, 0.1) is 11.5 Å². The number of nitrogens with one attached hydrogen (secondary N) is 1. The van der Waals surface area contributed by atoms with Crippen LogP contribution in [0.2, 0.25) is 5.02 Å². The molecule has 0 amide bonds. The average molecular weight is 300 g/mol. The normalized spacial score (nSPS) is 11.3. The van der Waals surface area contributed by atoms with Gasteiger partial charge in [0.25, 0.3) is 10.0 Å². The van der Waals surface area contributed by atoms with Crippen LogP contribution in [0.1, 0.15) is 5.56 Å². The number of rotatable bonds is 4. The van der Waals surface area contributed by atoms with E-state index >= 15 is 0 Å². The lowest BCUT2D eigenvalue weighted by Crippen LogP contribution is -2.14. The summed E-state index contributed by atoms with van der Waals surface area (Å²) >= 11 is 5.86. The number of sulfonamides is 1. The Morgan fingerprint density at radius 3 is 2.68 bits per heavy atom. The molecule has 8 heteroatoms. The van der Waals surface area contributed by atoms with Gasteiger partial charge < -0.3 is 5.11 Å². The molecule has 0 bridgehead atoms. The van der Waals surface area contributed by atoms with Crippen molar-refractivity contribution in [1.29, 1.82) is 0 Å². The summed E-state index contributed by atoms with van der Waals surface area (Å²) in [6.45, 7) is -0.253. The SMILES string of the molecule is O=S(=O)(Nc1cccnn1)c1ccc(CO)c(Cl)c1. The molecule has 0 spiro atoms. The van der Waals surface area contributed by atoms with E-state index in [0.29, 0.717) is 5.56 Å². The van der Waals surface area contributed by atoms with E-state index in [-0.39, 0.29) is 22.3 Å². The van der Waals surface area contributed by atoms with Gasteiger partial charge >= 0.3 is 0 Å². The number of anilines is 1. The lowest BCUT2D eigenvalue weighted by atomic mass is 10.2. The number of hydrogen-bond acceptors (Lipinski definition) is 5. The first-order valence-electron chi connectivity index (χ1n) is 5.23. The van der Waals surface area contributed by atoms with Crippen molar-refractivity contribution in [3.8, 4) is 0 Å². The van der Waals surface area contributed by atoms with Crippen LogP contribution in [0.4, 0.5) is 5.82 Å². The van der Waals surface area contributed by atoms with Gasteiger partial charge in [-0.25, -0.2) is 8.42 Å². The summed E-state index contributed by atoms with van der Waals surface area (Å²) in [5.74, 6) is 0.116. The molecule has 0 aliphatic carbocycles. The van der Waals surface area contributed by atoms with Gasteiger partial charge in [-0.1, -0.05) is 17.7 Å². The maximum atomic E-state index is 12.1. The highest BCUT2D eigenvalue weighted by Gasteiger charge is 2.16. The number of halogens is 1. The second-order valence-electron chi connectivity index (χ2n) is 3.63. The molecule has 0 saturated carbocycles. The van der Waals surface area contributed by atoms with Crippen molar-refractivity contribution in [3.63, 3.8) is 0 Å². The number of aromatic nitrogens is 2. The highest BCUT2D eigenvalue weighted by atomic mass is 35.5. The maximum absolute atomic E-state index is 12.1. The quantitative estimate of drug-likeness (QED) is 0.891. The molecular weight excluding hydrogens is 290 g/mol. The molecular formula is C11H10ClN3O3S. The number of aliphatic hydroxyl groups excluding tert-OH is 1. The molecule has 2 aromatic rings. The van der Waals surface area contributed by atoms with Crippen LogP contribution in [0.25, 0.3) is 0 Å². The fourth-order valence-electron chi connectivity index (χ4n) is 1.38. The topological polar surface area (TPSA) is 92.2 Å². The third-order valence-corrected chi connectivity index (χ3v) is 4.02. The Hall–Kier alpha value is -1.70. The summed E-state index contributed by atoms with van der Waals surface area (Å²) in [5.41, 5.74) is 0.458. The van der Waals surface area contributed by atoms with Crippen molar-refractivity contribution in [2.24, 2.45) is 0 Å². The Morgan fingerprint density at radius 2 is 2.11 bits per heavy atom. The fraction of sp³-hybridized carbons (Fsp3) is 0.0909. The molecule has 0 saturated heterocycles. The molecule has 0 fully saturated rings. The predicted molar refractivity (Wildman–Crippen MR) is 70.2 cm³/mol. The summed E-state index contributed by atoms with van der Waals surface area (Å²) < 4.78 is 26.4. The first kappa shape index (κ1) is 13.7. The van der Waals surface area contributed by atoms with E-state index in [1.165, 1.54) is 30.5 Å². The van der Waals surface area contributed by atoms with Crippen molar-refractivity contribution in [2.45, 2.75) is 11.5 Å². The predicted octanol–water partition coefficient (Wildman–Crippen LogP) is 1.42. The van der Waals surface area contributed by atoms with Gasteiger partial charge in [0.15, 0.2) is 5.82 Å². The summed E-state index contributed by atoms with van der Waals surface area (Å²) in [5, 5.41) is 16.4. The Bertz CT molecular complexity index is 677. The van der Waals surface area contributed by atoms with Crippen LogP contribution in [0.15, 0.2) is 41.4 Å². The largest absolute Gasteiger partial charge is 0.392 e. The van der Waals surface area contributed by atoms with E-state index in [1.807, 2.05) is 0 Å². The Morgan fingerprint density at radius 1 is 1.32 bits per heavy atom. The van der Waals surface area contributed by atoms with E-state index in [0.717, 1.165) is 0 Å². The van der Waals surface area contributed by atoms with Gasteiger partial charge in [-0.3, -0.25) is 4.72 Å². The molecule has 1 aromatic carbocycles. The van der Waals surface area contributed by atoms with Crippen molar-refractivity contribution >= 4 is 27.4 Å². The van der Waals surface area contributed by atoms with Gasteiger partial charge in [-0.05, 0) is 29.8 Å². The van der Waals surface area contributed by atoms with Crippen LogP contribution >= 0.6 is 11.6 Å². The van der Waals surface area contributed by atoms with Gasteiger partial charge in [0.2, 0.25) is 0 Å². The molecule has 1 heterocycles. The average Bonchev–Trinajstić information content (AvgIpc) is 2.39. The van der Waals surface area contributed by atoms with Gasteiger partial charge in [0, 0.05) is 11.2 Å². The number of nitrogens with zero attached hydrogens (tertiary/aromatic N) is 2. The minimum Gasteiger partial charge on any atom is -0.392 e. The summed E-state index contributed by atoms with van der Waals surface area (Å²) in [6, 6.07) is 7.12. The summed E-state index contributed by atoms with van der Waals surface area (Å²) in [6.07, 6.45) is 1.44. The molecule has 1 aromatic heterocycles. The zero-order valence-corrected chi connectivity index (χ0v) is 11.2. The minimum atomic E-state index is -3.78. The highest BCUT2D eigenvalue weighted by Crippen LogP contribution is 2.22. The zero-order chi connectivity index (χ0) is 13.9. The molecule has 100 valence electrons. The third kappa shape index (κ3) is 3.19. The fourth-order valence-corrected chi connectivity index (χ4v) is 2.70. The second kappa shape index (κ2) is 5.52. The van der Waals surface area contributed by atoms with E-state index < -0.39 is 10.0 Å². The molecule has 0 unspecified atom stereocenters. The van der Waals surface area contributed by atoms with Gasteiger partial charge in [-0.2, -0.15) is 5.10 Å². The minimum absolute atomic E-state index is 0.0136. The standard InChI is InChI=1S/C11H10ClN3O3S/c12-10-6-9(4-3-8(10)7-16)19(17,18)15-11-2-1-5-13-14-11/h1-6,16H,7H2,(H,14,15). The zero-order valence-electron chi connectivity index (χ0n) is 9.62. The lowest BCUT2D eigenvalue weighted by Gasteiger charge is -2.08. The second-order valence-corrected chi connectivity index (χ2v) is 5.72. The first-order chi connectivity index (χ1) is 9.03. The van der Waals surface area contributed by atoms with Crippen molar-refractivity contribution in [1.82, 2.24) is 10.2 Å². The monoisotopic (exact) mass is 299 g/mol. The highest BCUT2D eigenvalue weighted by molar-refractivity contribution is 7.92. The first-order valence-corrected chi connectivity index (χ1v) is 7.09. The Labute approximate surface area is 115 Å². The van der Waals surface area contributed by atoms with Crippen LogP contribution < -0.4 is 4.72 Å². The van der Waals surface area contributed by atoms with Gasteiger partial charge in [-0.15, -0.1) is 5.10 Å². The van der Waals surface area contributed by atoms with Crippen LogP contribution in [0.3, 0.4) is 0 Å². The van der Waals surface area contributed by atoms with Crippen LogP contribution in [-0.2, 0) is 16.6 Å². The third-order valence-electron chi connectivity index (χ3n) is 2.32. The van der Waals surface area contributed by atoms with E-state index in [9.17, 15) is 8.42 Å². The van der Waals surface area contributed by atoms with E-state index in [4.69, 9.17) is 16.7 Å². The van der Waals surface area contributed by atoms with Crippen molar-refractivity contribution in [3.05, 3.63) is 47.1 Å².